The summed E-state index contributed by atoms with van der Waals surface area (Å²) in [5.41, 5.74) is -5.80. The van der Waals surface area contributed by atoms with E-state index in [9.17, 15) is 53.7 Å². The van der Waals surface area contributed by atoms with Gasteiger partial charge < -0.3 is 53.2 Å². The van der Waals surface area contributed by atoms with Gasteiger partial charge in [0.05, 0.1) is 75.3 Å². The van der Waals surface area contributed by atoms with Crippen molar-refractivity contribution in [3.05, 3.63) is 0 Å². The molecule has 125 heavy (non-hydrogen) atoms. The van der Waals surface area contributed by atoms with Crippen LogP contribution in [-0.4, -0.2) is 128 Å². The Balaban J connectivity index is -0.00000138. The number of carbonyl (C=O) groups is 8. The lowest BCUT2D eigenvalue weighted by Crippen LogP contribution is -2.67. The zero-order chi connectivity index (χ0) is 83.6. The van der Waals surface area contributed by atoms with Crippen LogP contribution in [-0.2, 0) is 76.3 Å². The fraction of sp³-hybridized carbons (Fsp3) is 0.925. The van der Waals surface area contributed by atoms with Crippen molar-refractivity contribution < 1.29 is 91.6 Å². The average Bonchev–Trinajstić information content (AvgIpc) is 1.62. The summed E-state index contributed by atoms with van der Waals surface area (Å²) >= 11 is 0. The summed E-state index contributed by atoms with van der Waals surface area (Å²) in [6, 6.07) is 0. The van der Waals surface area contributed by atoms with E-state index in [0.717, 1.165) is 127 Å². The number of carbonyl (C=O) groups excluding carboxylic acids is 8. The van der Waals surface area contributed by atoms with E-state index in [0.29, 0.717) is 84.9 Å². The number of ether oxygens (including phenoxy) is 8. The lowest BCUT2D eigenvalue weighted by atomic mass is 9.50. The second-order valence-corrected chi connectivity index (χ2v) is 44.1. The minimum atomic E-state index is -0.842. The maximum Gasteiger partial charge on any atom is 0.312 e. The first-order chi connectivity index (χ1) is 52.4. The highest BCUT2D eigenvalue weighted by atomic mass is 16.6. The molecule has 19 fully saturated rings. The summed E-state index contributed by atoms with van der Waals surface area (Å²) < 4.78 is 44.4. The Morgan fingerprint density at radius 2 is 0.848 bits per heavy atom. The fourth-order valence-corrected chi connectivity index (χ4v) is 24.1. The smallest absolute Gasteiger partial charge is 0.312 e. The Morgan fingerprint density at radius 3 is 1.27 bits per heavy atom. The van der Waals surface area contributed by atoms with E-state index in [1.165, 1.54) is 90.6 Å². The van der Waals surface area contributed by atoms with Crippen molar-refractivity contribution in [1.29, 1.82) is 0 Å². The summed E-state index contributed by atoms with van der Waals surface area (Å²) in [7, 11) is 1.41. The third-order valence-corrected chi connectivity index (χ3v) is 32.8. The van der Waals surface area contributed by atoms with Gasteiger partial charge in [0.25, 0.3) is 0 Å². The largest absolute Gasteiger partial charge is 0.469 e. The van der Waals surface area contributed by atoms with Crippen molar-refractivity contribution in [1.82, 2.24) is 0 Å². The molecule has 0 aromatic rings. The third kappa shape index (κ3) is 27.4. The van der Waals surface area contributed by atoms with Crippen molar-refractivity contribution in [2.24, 2.45) is 128 Å². The maximum atomic E-state index is 12.5. The summed E-state index contributed by atoms with van der Waals surface area (Å²) in [6.45, 7) is 42.7. The van der Waals surface area contributed by atoms with Crippen LogP contribution >= 0.6 is 0 Å². The first kappa shape index (κ1) is 125. The van der Waals surface area contributed by atoms with E-state index in [2.05, 4.69) is 39.4 Å². The van der Waals surface area contributed by atoms with E-state index in [-0.39, 0.29) is 194 Å². The van der Waals surface area contributed by atoms with Gasteiger partial charge in [-0.25, -0.2) is 0 Å². The molecule has 19 rings (SSSR count). The van der Waals surface area contributed by atoms with Crippen molar-refractivity contribution in [2.75, 3.05) is 13.7 Å². The van der Waals surface area contributed by atoms with Crippen LogP contribution in [0.25, 0.3) is 0 Å². The Morgan fingerprint density at radius 1 is 0.440 bits per heavy atom. The summed E-state index contributed by atoms with van der Waals surface area (Å²) in [4.78, 5) is 94.9. The maximum absolute atomic E-state index is 12.5. The lowest BCUT2D eigenvalue weighted by Gasteiger charge is -2.62. The lowest BCUT2D eigenvalue weighted by molar-refractivity contribution is -0.264. The van der Waals surface area contributed by atoms with Crippen LogP contribution in [0.4, 0.5) is 0 Å². The molecule has 14 atom stereocenters. The highest BCUT2D eigenvalue weighted by molar-refractivity contribution is 5.80. The first-order valence-electron chi connectivity index (χ1n) is 45.2. The molecule has 0 spiro atoms. The number of methoxy groups -OCH3 is 1. The zero-order valence-electron chi connectivity index (χ0n) is 74.2. The Bertz CT molecular complexity index is 3330. The third-order valence-electron chi connectivity index (χ3n) is 32.8. The monoisotopic (exact) mass is 1780 g/mol. The molecule has 19 heteroatoms. The predicted octanol–water partition coefficient (Wildman–Crippen LogP) is 25.9. The van der Waals surface area contributed by atoms with Gasteiger partial charge in [0.15, 0.2) is 0 Å². The quantitative estimate of drug-likeness (QED) is 0.0850. The standard InChI is InChI=1S/C17H28O2.C16H26O4.C16H26O3.C16H30O2.C14H20O4.C9H12O2.C6H12O2.12CH4/c1-5-16(2,3)15(18)19-17(4)13-7-11-6-12(9-13)10-14(17)8-11;1-4-13(2,3)12(17)20-16-7-11-5-14(18,9-16)8-15(19,6-11)10-16;1-4-14(2,3)13(17)19-16-8-11-5-12(9-16)7-15(18,6-11)10-16;1-7-15(3,4)14(17)18-16(5,6)13-10-8-12(2)9-11-13;1-4-14(2,3)13(16)18-10-7-5-8-9(6-7)12(15)17-11(8)10;10-9-8-6-2-1-5(3-6)7(8)4-11-9;1-4-5(2)6(7)8-3;;;;;;;;;;;;/h11-14H,5-10H2,1-4H3;11,18-19H,4-10H2,1-3H3;11-12,18H,4-10H2,1-3H3;12-13H,7-11H2,1-6H3;7-11H,4-6H2,1-3H3;5-8H,1-4H2;5H,4H2,1-3H3;12*1H4. The number of rotatable bonds is 18. The molecule has 740 valence electrons. The van der Waals surface area contributed by atoms with Crippen molar-refractivity contribution in [3.63, 3.8) is 0 Å². The summed E-state index contributed by atoms with van der Waals surface area (Å²) in [5, 5.41) is 32.0. The number of fused-ring (bicyclic) bond motifs is 6. The van der Waals surface area contributed by atoms with Gasteiger partial charge in [-0.2, -0.15) is 0 Å². The molecule has 2 aliphatic heterocycles. The van der Waals surface area contributed by atoms with Crippen molar-refractivity contribution in [2.45, 2.75) is 491 Å². The number of aliphatic hydroxyl groups is 3. The van der Waals surface area contributed by atoms with Gasteiger partial charge >= 0.3 is 47.8 Å². The molecule has 16 bridgehead atoms. The van der Waals surface area contributed by atoms with E-state index in [1.54, 1.807) is 0 Å². The van der Waals surface area contributed by atoms with Crippen LogP contribution in [0.1, 0.15) is 440 Å². The SMILES string of the molecule is C.C.C.C.C.C.C.C.C.C.C.C.CCC(C)(C)C(=O)OC(C)(C)C1CCC(C)CC1.CCC(C)(C)C(=O)OC1(C)C2CC3CC(C2)CC1C3.CCC(C)(C)C(=O)OC12CC3CC(CC(O)(C3)C1)C2.CCC(C)(C)C(=O)OC12CC3CC(O)(CC(O)(C3)C1)C2.CCC(C)(C)C(=O)OC1C2CC3C(=O)OC1C3C2.CCC(C)C(=O)OC.O=C1OCC2C3CCC(C3)C12. The minimum absolute atomic E-state index is 0. The van der Waals surface area contributed by atoms with Crippen LogP contribution in [0.15, 0.2) is 0 Å². The molecular weight excluding hydrogens is 1580 g/mol. The number of hydrogen-bond donors (Lipinski definition) is 3. The molecule has 19 aliphatic rings. The number of esters is 8. The van der Waals surface area contributed by atoms with Crippen LogP contribution in [0.3, 0.4) is 0 Å². The molecule has 2 saturated heterocycles. The number of cyclic esters (lactones) is 1. The van der Waals surface area contributed by atoms with Crippen LogP contribution < -0.4 is 0 Å². The van der Waals surface area contributed by atoms with Gasteiger partial charge in [0.1, 0.15) is 34.6 Å². The molecule has 0 aromatic heterocycles. The van der Waals surface area contributed by atoms with E-state index >= 15 is 0 Å². The fourth-order valence-electron chi connectivity index (χ4n) is 24.1. The molecule has 17 saturated carbocycles. The second-order valence-electron chi connectivity index (χ2n) is 44.1. The Labute approximate surface area is 768 Å². The Hall–Kier alpha value is -4.36. The normalized spacial score (nSPS) is 36.1. The molecule has 0 radical (unpaired) electrons. The van der Waals surface area contributed by atoms with Crippen molar-refractivity contribution >= 4 is 47.8 Å². The second kappa shape index (κ2) is 46.8. The van der Waals surface area contributed by atoms with Gasteiger partial charge in [-0.3, -0.25) is 38.4 Å². The van der Waals surface area contributed by atoms with E-state index < -0.39 is 38.6 Å². The molecular formula is C106H202O19. The minimum Gasteiger partial charge on any atom is -0.469 e. The topological polar surface area (TPSA) is 271 Å². The molecule has 0 aromatic carbocycles. The molecule has 3 N–H and O–H groups in total. The first-order valence-corrected chi connectivity index (χ1v) is 45.2. The molecule has 14 unspecified atom stereocenters. The molecule has 17 aliphatic carbocycles. The zero-order valence-corrected chi connectivity index (χ0v) is 74.2. The van der Waals surface area contributed by atoms with Gasteiger partial charge in [-0.05, 0) is 322 Å². The molecule has 0 amide bonds. The van der Waals surface area contributed by atoms with E-state index in [4.69, 9.17) is 33.2 Å². The average molecular weight is 1780 g/mol. The summed E-state index contributed by atoms with van der Waals surface area (Å²) in [6.07, 6.45) is 31.1. The van der Waals surface area contributed by atoms with Crippen LogP contribution in [0.2, 0.25) is 0 Å². The summed E-state index contributed by atoms with van der Waals surface area (Å²) in [5.74, 6) is 8.48. The van der Waals surface area contributed by atoms with Gasteiger partial charge in [-0.1, -0.05) is 157 Å². The van der Waals surface area contributed by atoms with Crippen LogP contribution in [0.5, 0.6) is 0 Å². The highest BCUT2D eigenvalue weighted by Crippen LogP contribution is 2.64. The Kier molecular flexibility index (Phi) is 46.7. The van der Waals surface area contributed by atoms with Gasteiger partial charge in [-0.15, -0.1) is 0 Å². The number of hydrogen-bond acceptors (Lipinski definition) is 19. The van der Waals surface area contributed by atoms with Crippen molar-refractivity contribution in [3.8, 4) is 0 Å². The molecule has 19 nitrogen and oxygen atoms in total. The van der Waals surface area contributed by atoms with E-state index in [1.807, 2.05) is 111 Å². The highest BCUT2D eigenvalue weighted by Gasteiger charge is 2.67. The van der Waals surface area contributed by atoms with Gasteiger partial charge in [0, 0.05) is 43.4 Å². The van der Waals surface area contributed by atoms with Crippen LogP contribution in [0, 0.1) is 128 Å². The predicted molar refractivity (Wildman–Crippen MR) is 512 cm³/mol. The molecule has 2 heterocycles. The van der Waals surface area contributed by atoms with Gasteiger partial charge in [0.2, 0.25) is 0 Å².